The molecule has 1 aromatic carbocycles. The topological polar surface area (TPSA) is 17.1 Å². The van der Waals surface area contributed by atoms with E-state index in [1.165, 1.54) is 36.8 Å². The van der Waals surface area contributed by atoms with Crippen LogP contribution < -0.4 is 0 Å². The third-order valence-corrected chi connectivity index (χ3v) is 5.89. The predicted molar refractivity (Wildman–Crippen MR) is 91.1 cm³/mol. The smallest absolute Gasteiger partial charge is 0.167 e. The van der Waals surface area contributed by atoms with Crippen LogP contribution in [-0.4, -0.2) is 5.78 Å². The Bertz CT molecular complexity index is 605. The molecule has 0 saturated heterocycles. The molecule has 2 heteroatoms. The van der Waals surface area contributed by atoms with E-state index in [0.29, 0.717) is 5.78 Å². The number of carbonyl (C=O) groups excluding carboxylic acids is 1. The minimum absolute atomic E-state index is 0.265. The Morgan fingerprint density at radius 3 is 2.71 bits per heavy atom. The first-order valence-electron chi connectivity index (χ1n) is 8.30. The molecule has 1 nitrogen and oxygen atoms in total. The number of unbranched alkanes of at least 4 members (excludes halogenated alkanes) is 1. The van der Waals surface area contributed by atoms with Gasteiger partial charge in [-0.2, -0.15) is 0 Å². The molecule has 0 unspecified atom stereocenters. The lowest BCUT2D eigenvalue weighted by molar-refractivity contribution is 0.0871. The normalized spacial score (nSPS) is 22.5. The summed E-state index contributed by atoms with van der Waals surface area (Å²) in [6.45, 7) is 2.26. The molecule has 1 aliphatic rings. The molecule has 0 radical (unpaired) electrons. The van der Waals surface area contributed by atoms with Gasteiger partial charge in [-0.3, -0.25) is 4.79 Å². The highest BCUT2D eigenvalue weighted by molar-refractivity contribution is 7.17. The largest absolute Gasteiger partial charge is 0.294 e. The molecular formula is C19H24OS. The third-order valence-electron chi connectivity index (χ3n) is 4.93. The summed E-state index contributed by atoms with van der Waals surface area (Å²) in [5.74, 6) is 1.52. The molecule has 21 heavy (non-hydrogen) atoms. The lowest BCUT2D eigenvalue weighted by atomic mass is 9.77. The summed E-state index contributed by atoms with van der Waals surface area (Å²) in [5.41, 5.74) is 0.965. The van der Waals surface area contributed by atoms with Gasteiger partial charge < -0.3 is 0 Å². The van der Waals surface area contributed by atoms with Crippen LogP contribution in [0.15, 0.2) is 29.6 Å². The Morgan fingerprint density at radius 1 is 1.19 bits per heavy atom. The van der Waals surface area contributed by atoms with Crippen molar-refractivity contribution < 1.29 is 4.79 Å². The number of Topliss-reactive ketones (excluding diaryl/α,β-unsaturated/α-hetero) is 1. The van der Waals surface area contributed by atoms with E-state index < -0.39 is 0 Å². The summed E-state index contributed by atoms with van der Waals surface area (Å²) in [6, 6.07) is 8.28. The minimum atomic E-state index is 0.265. The van der Waals surface area contributed by atoms with Crippen molar-refractivity contribution in [3.63, 3.8) is 0 Å². The number of rotatable bonds is 5. The summed E-state index contributed by atoms with van der Waals surface area (Å²) < 4.78 is 1.23. The maximum absolute atomic E-state index is 12.8. The molecule has 1 saturated carbocycles. The average molecular weight is 300 g/mol. The summed E-state index contributed by atoms with van der Waals surface area (Å²) >= 11 is 1.70. The second kappa shape index (κ2) is 6.74. The van der Waals surface area contributed by atoms with Gasteiger partial charge in [-0.25, -0.2) is 0 Å². The van der Waals surface area contributed by atoms with Crippen molar-refractivity contribution in [1.82, 2.24) is 0 Å². The average Bonchev–Trinajstić information content (AvgIpc) is 2.97. The first kappa shape index (κ1) is 14.8. The Kier molecular flexibility index (Phi) is 4.74. The quantitative estimate of drug-likeness (QED) is 0.611. The maximum atomic E-state index is 12.8. The standard InChI is InChI=1S/C19H24OS/c1-2-3-6-14-9-11-15(12-10-14)19(20)17-13-21-18-8-5-4-7-16(17)18/h4-5,7-8,13-15H,2-3,6,9-12H2,1H3. The van der Waals surface area contributed by atoms with Crippen LogP contribution in [0, 0.1) is 11.8 Å². The Morgan fingerprint density at radius 2 is 1.95 bits per heavy atom. The van der Waals surface area contributed by atoms with Crippen LogP contribution in [0.5, 0.6) is 0 Å². The van der Waals surface area contributed by atoms with Crippen molar-refractivity contribution >= 4 is 27.2 Å². The van der Waals surface area contributed by atoms with Crippen molar-refractivity contribution in [1.29, 1.82) is 0 Å². The van der Waals surface area contributed by atoms with Gasteiger partial charge in [-0.15, -0.1) is 11.3 Å². The van der Waals surface area contributed by atoms with E-state index in [4.69, 9.17) is 0 Å². The third kappa shape index (κ3) is 3.21. The predicted octanol–water partition coefficient (Wildman–Crippen LogP) is 6.08. The van der Waals surface area contributed by atoms with Crippen molar-refractivity contribution in [2.75, 3.05) is 0 Å². The molecule has 1 aromatic heterocycles. The van der Waals surface area contributed by atoms with Crippen LogP contribution in [0.2, 0.25) is 0 Å². The summed E-state index contributed by atoms with van der Waals surface area (Å²) in [5, 5.41) is 3.22. The molecule has 1 heterocycles. The fraction of sp³-hybridized carbons (Fsp3) is 0.526. The van der Waals surface area contributed by atoms with Gasteiger partial charge in [0.15, 0.2) is 5.78 Å². The van der Waals surface area contributed by atoms with Crippen LogP contribution in [0.4, 0.5) is 0 Å². The lowest BCUT2D eigenvalue weighted by Gasteiger charge is -2.27. The van der Waals surface area contributed by atoms with Gasteiger partial charge in [-0.05, 0) is 37.7 Å². The van der Waals surface area contributed by atoms with E-state index in [-0.39, 0.29) is 5.92 Å². The Labute approximate surface area is 131 Å². The first-order valence-corrected chi connectivity index (χ1v) is 9.18. The summed E-state index contributed by atoms with van der Waals surface area (Å²) in [4.78, 5) is 12.8. The number of carbonyl (C=O) groups is 1. The van der Waals surface area contributed by atoms with E-state index in [0.717, 1.165) is 29.7 Å². The van der Waals surface area contributed by atoms with Crippen molar-refractivity contribution in [2.45, 2.75) is 51.9 Å². The highest BCUT2D eigenvalue weighted by Crippen LogP contribution is 2.36. The molecular weight excluding hydrogens is 276 g/mol. The zero-order valence-electron chi connectivity index (χ0n) is 12.8. The maximum Gasteiger partial charge on any atom is 0.167 e. The van der Waals surface area contributed by atoms with E-state index in [2.05, 4.69) is 24.4 Å². The highest BCUT2D eigenvalue weighted by Gasteiger charge is 2.27. The minimum Gasteiger partial charge on any atom is -0.294 e. The lowest BCUT2D eigenvalue weighted by Crippen LogP contribution is -2.21. The Hall–Kier alpha value is -1.15. The van der Waals surface area contributed by atoms with E-state index in [9.17, 15) is 4.79 Å². The van der Waals surface area contributed by atoms with Gasteiger partial charge in [0.1, 0.15) is 0 Å². The number of ketones is 1. The van der Waals surface area contributed by atoms with Gasteiger partial charge in [0.25, 0.3) is 0 Å². The molecule has 1 fully saturated rings. The zero-order chi connectivity index (χ0) is 14.7. The van der Waals surface area contributed by atoms with Gasteiger partial charge >= 0.3 is 0 Å². The van der Waals surface area contributed by atoms with Crippen LogP contribution in [0.25, 0.3) is 10.1 Å². The van der Waals surface area contributed by atoms with Crippen LogP contribution in [0.1, 0.15) is 62.2 Å². The van der Waals surface area contributed by atoms with Crippen LogP contribution in [-0.2, 0) is 0 Å². The molecule has 1 aliphatic carbocycles. The second-order valence-electron chi connectivity index (χ2n) is 6.37. The summed E-state index contributed by atoms with van der Waals surface area (Å²) in [7, 11) is 0. The molecule has 0 amide bonds. The van der Waals surface area contributed by atoms with Crippen molar-refractivity contribution in [2.24, 2.45) is 11.8 Å². The molecule has 0 spiro atoms. The number of hydrogen-bond acceptors (Lipinski definition) is 2. The molecule has 0 N–H and O–H groups in total. The molecule has 0 aliphatic heterocycles. The van der Waals surface area contributed by atoms with E-state index in [1.807, 2.05) is 12.1 Å². The van der Waals surface area contributed by atoms with Gasteiger partial charge in [0, 0.05) is 26.9 Å². The SMILES string of the molecule is CCCCC1CCC(C(=O)c2csc3ccccc23)CC1. The number of hydrogen-bond donors (Lipinski definition) is 0. The summed E-state index contributed by atoms with van der Waals surface area (Å²) in [6.07, 6.45) is 8.68. The molecule has 0 atom stereocenters. The van der Waals surface area contributed by atoms with Gasteiger partial charge in [0.05, 0.1) is 0 Å². The molecule has 3 rings (SSSR count). The fourth-order valence-electron chi connectivity index (χ4n) is 3.59. The van der Waals surface area contributed by atoms with Crippen molar-refractivity contribution in [3.05, 3.63) is 35.2 Å². The number of benzene rings is 1. The first-order chi connectivity index (χ1) is 10.3. The molecule has 2 aromatic rings. The number of thiophene rings is 1. The van der Waals surface area contributed by atoms with Crippen LogP contribution in [0.3, 0.4) is 0 Å². The van der Waals surface area contributed by atoms with E-state index >= 15 is 0 Å². The van der Waals surface area contributed by atoms with Crippen molar-refractivity contribution in [3.8, 4) is 0 Å². The van der Waals surface area contributed by atoms with E-state index in [1.54, 1.807) is 11.3 Å². The fourth-order valence-corrected chi connectivity index (χ4v) is 4.54. The highest BCUT2D eigenvalue weighted by atomic mass is 32.1. The second-order valence-corrected chi connectivity index (χ2v) is 7.28. The van der Waals surface area contributed by atoms with Gasteiger partial charge in [0.2, 0.25) is 0 Å². The zero-order valence-corrected chi connectivity index (χ0v) is 13.6. The molecule has 0 bridgehead atoms. The Balaban J connectivity index is 1.67. The monoisotopic (exact) mass is 300 g/mol. The molecule has 112 valence electrons. The van der Waals surface area contributed by atoms with Gasteiger partial charge in [-0.1, -0.05) is 44.4 Å². The van der Waals surface area contributed by atoms with Crippen LogP contribution >= 0.6 is 11.3 Å². The number of fused-ring (bicyclic) bond motifs is 1.